The monoisotopic (exact) mass is 290 g/mol. The molecular weight excluding hydrogens is 276 g/mol. The number of benzene rings is 2. The van der Waals surface area contributed by atoms with Crippen LogP contribution in [0.4, 0.5) is 5.69 Å². The fraction of sp³-hybridized carbons (Fsp3) is 0.111. The van der Waals surface area contributed by atoms with E-state index in [2.05, 4.69) is 11.4 Å². The molecule has 0 fully saturated rings. The smallest absolute Gasteiger partial charge is 0.159 e. The number of Topliss-reactive ketones (excluding diaryl/α,β-unsaturated/α-hetero) is 1. The van der Waals surface area contributed by atoms with Crippen molar-refractivity contribution in [2.45, 2.75) is 13.5 Å². The number of anilines is 1. The molecular formula is C18H14N2O2. The Hall–Kier alpha value is -3.06. The van der Waals surface area contributed by atoms with Gasteiger partial charge >= 0.3 is 0 Å². The highest BCUT2D eigenvalue weighted by atomic mass is 16.3. The number of para-hydroxylation sites is 1. The average molecular weight is 290 g/mol. The molecule has 0 aliphatic heterocycles. The largest absolute Gasteiger partial charge is 0.459 e. The molecule has 0 saturated carbocycles. The van der Waals surface area contributed by atoms with E-state index < -0.39 is 0 Å². The fourth-order valence-corrected chi connectivity index (χ4v) is 2.31. The van der Waals surface area contributed by atoms with Gasteiger partial charge in [0.05, 0.1) is 17.8 Å². The molecule has 0 spiro atoms. The first-order chi connectivity index (χ1) is 10.7. The first-order valence-electron chi connectivity index (χ1n) is 6.94. The zero-order valence-electron chi connectivity index (χ0n) is 12.1. The quantitative estimate of drug-likeness (QED) is 0.734. The van der Waals surface area contributed by atoms with E-state index in [4.69, 9.17) is 9.68 Å². The van der Waals surface area contributed by atoms with Crippen LogP contribution in [0.5, 0.6) is 0 Å². The standard InChI is InChI=1S/C18H14N2O2/c1-12(21)13-6-7-15(10-19)17(9-13)20-11-16-8-14-4-2-3-5-18(14)22-16/h2-9,20H,11H2,1H3. The summed E-state index contributed by atoms with van der Waals surface area (Å²) in [6.07, 6.45) is 0. The summed E-state index contributed by atoms with van der Waals surface area (Å²) in [5.41, 5.74) is 2.54. The number of rotatable bonds is 4. The van der Waals surface area contributed by atoms with Gasteiger partial charge in [-0.1, -0.05) is 18.2 Å². The number of hydrogen-bond acceptors (Lipinski definition) is 4. The predicted octanol–water partition coefficient (Wildman–Crippen LogP) is 4.12. The van der Waals surface area contributed by atoms with Gasteiger partial charge in [-0.25, -0.2) is 0 Å². The van der Waals surface area contributed by atoms with Crippen molar-refractivity contribution in [3.8, 4) is 6.07 Å². The van der Waals surface area contributed by atoms with Crippen molar-refractivity contribution >= 4 is 22.4 Å². The van der Waals surface area contributed by atoms with Crippen molar-refractivity contribution in [1.82, 2.24) is 0 Å². The van der Waals surface area contributed by atoms with Gasteiger partial charge in [0.25, 0.3) is 0 Å². The molecule has 22 heavy (non-hydrogen) atoms. The molecule has 1 heterocycles. The predicted molar refractivity (Wildman–Crippen MR) is 84.7 cm³/mol. The van der Waals surface area contributed by atoms with Gasteiger partial charge in [-0.3, -0.25) is 4.79 Å². The molecule has 0 amide bonds. The number of ketones is 1. The van der Waals surface area contributed by atoms with Crippen LogP contribution in [0.3, 0.4) is 0 Å². The van der Waals surface area contributed by atoms with Crippen LogP contribution in [0.2, 0.25) is 0 Å². The van der Waals surface area contributed by atoms with Crippen LogP contribution in [0.25, 0.3) is 11.0 Å². The van der Waals surface area contributed by atoms with Gasteiger partial charge in [0.15, 0.2) is 5.78 Å². The maximum Gasteiger partial charge on any atom is 0.159 e. The molecule has 0 bridgehead atoms. The van der Waals surface area contributed by atoms with Crippen molar-refractivity contribution in [3.05, 3.63) is 65.4 Å². The molecule has 3 rings (SSSR count). The Morgan fingerprint density at radius 3 is 2.77 bits per heavy atom. The minimum Gasteiger partial charge on any atom is -0.459 e. The molecule has 0 atom stereocenters. The summed E-state index contributed by atoms with van der Waals surface area (Å²) in [6, 6.07) is 16.9. The Morgan fingerprint density at radius 2 is 2.05 bits per heavy atom. The normalized spacial score (nSPS) is 10.4. The number of fused-ring (bicyclic) bond motifs is 1. The molecule has 2 aromatic carbocycles. The first kappa shape index (κ1) is 13.9. The summed E-state index contributed by atoms with van der Waals surface area (Å²) < 4.78 is 5.73. The SMILES string of the molecule is CC(=O)c1ccc(C#N)c(NCc2cc3ccccc3o2)c1. The minimum absolute atomic E-state index is 0.0312. The van der Waals surface area contributed by atoms with Crippen LogP contribution in [0, 0.1) is 11.3 Å². The molecule has 1 N–H and O–H groups in total. The molecule has 0 saturated heterocycles. The topological polar surface area (TPSA) is 66.0 Å². The number of furan rings is 1. The van der Waals surface area contributed by atoms with E-state index in [1.165, 1.54) is 6.92 Å². The van der Waals surface area contributed by atoms with E-state index >= 15 is 0 Å². The third-order valence-corrected chi connectivity index (χ3v) is 3.48. The maximum absolute atomic E-state index is 11.5. The highest BCUT2D eigenvalue weighted by molar-refractivity contribution is 5.95. The van der Waals surface area contributed by atoms with Gasteiger partial charge in [-0.15, -0.1) is 0 Å². The van der Waals surface area contributed by atoms with Crippen molar-refractivity contribution in [2.75, 3.05) is 5.32 Å². The lowest BCUT2D eigenvalue weighted by Gasteiger charge is -2.08. The summed E-state index contributed by atoms with van der Waals surface area (Å²) in [4.78, 5) is 11.5. The lowest BCUT2D eigenvalue weighted by atomic mass is 10.1. The van der Waals surface area contributed by atoms with E-state index in [1.54, 1.807) is 18.2 Å². The number of nitrogens with zero attached hydrogens (tertiary/aromatic N) is 1. The Morgan fingerprint density at radius 1 is 1.23 bits per heavy atom. The maximum atomic E-state index is 11.5. The highest BCUT2D eigenvalue weighted by Gasteiger charge is 2.08. The molecule has 0 radical (unpaired) electrons. The van der Waals surface area contributed by atoms with E-state index in [0.717, 1.165) is 16.7 Å². The Bertz CT molecular complexity index is 854. The number of nitrogens with one attached hydrogen (secondary N) is 1. The van der Waals surface area contributed by atoms with E-state index in [9.17, 15) is 4.79 Å². The summed E-state index contributed by atoms with van der Waals surface area (Å²) in [5, 5.41) is 13.4. The van der Waals surface area contributed by atoms with Gasteiger partial charge in [-0.05, 0) is 37.3 Å². The van der Waals surface area contributed by atoms with Crippen molar-refractivity contribution in [2.24, 2.45) is 0 Å². The third-order valence-electron chi connectivity index (χ3n) is 3.48. The van der Waals surface area contributed by atoms with E-state index in [-0.39, 0.29) is 5.78 Å². The molecule has 4 nitrogen and oxygen atoms in total. The molecule has 1 aromatic heterocycles. The molecule has 0 aliphatic carbocycles. The van der Waals surface area contributed by atoms with Gasteiger partial charge < -0.3 is 9.73 Å². The number of carbonyl (C=O) groups is 1. The second-order valence-electron chi connectivity index (χ2n) is 5.03. The van der Waals surface area contributed by atoms with Crippen LogP contribution >= 0.6 is 0 Å². The summed E-state index contributed by atoms with van der Waals surface area (Å²) in [6.45, 7) is 1.95. The summed E-state index contributed by atoms with van der Waals surface area (Å²) in [7, 11) is 0. The first-order valence-corrected chi connectivity index (χ1v) is 6.94. The lowest BCUT2D eigenvalue weighted by molar-refractivity contribution is 0.101. The van der Waals surface area contributed by atoms with Gasteiger partial charge in [0.1, 0.15) is 17.4 Å². The molecule has 0 unspecified atom stereocenters. The molecule has 0 aliphatic rings. The average Bonchev–Trinajstić information content (AvgIpc) is 2.95. The minimum atomic E-state index is -0.0312. The van der Waals surface area contributed by atoms with Crippen molar-refractivity contribution in [3.63, 3.8) is 0 Å². The second-order valence-corrected chi connectivity index (χ2v) is 5.03. The zero-order chi connectivity index (χ0) is 15.5. The lowest BCUT2D eigenvalue weighted by Crippen LogP contribution is -2.02. The molecule has 108 valence electrons. The number of carbonyl (C=O) groups excluding carboxylic acids is 1. The number of nitriles is 1. The van der Waals surface area contributed by atoms with Gasteiger partial charge in [0, 0.05) is 10.9 Å². The van der Waals surface area contributed by atoms with Crippen LogP contribution in [0.1, 0.15) is 28.6 Å². The van der Waals surface area contributed by atoms with Crippen LogP contribution in [-0.2, 0) is 6.54 Å². The van der Waals surface area contributed by atoms with Gasteiger partial charge in [0.2, 0.25) is 0 Å². The number of hydrogen-bond donors (Lipinski definition) is 1. The Labute approximate surface area is 128 Å². The van der Waals surface area contributed by atoms with Crippen molar-refractivity contribution < 1.29 is 9.21 Å². The second kappa shape index (κ2) is 5.74. The Kier molecular flexibility index (Phi) is 3.63. The third kappa shape index (κ3) is 2.70. The molecule has 4 heteroatoms. The zero-order valence-corrected chi connectivity index (χ0v) is 12.1. The Balaban J connectivity index is 1.85. The van der Waals surface area contributed by atoms with E-state index in [1.807, 2.05) is 30.3 Å². The van der Waals surface area contributed by atoms with Crippen LogP contribution in [-0.4, -0.2) is 5.78 Å². The summed E-state index contributed by atoms with van der Waals surface area (Å²) in [5.74, 6) is 0.745. The van der Waals surface area contributed by atoms with Crippen LogP contribution in [0.15, 0.2) is 52.9 Å². The summed E-state index contributed by atoms with van der Waals surface area (Å²) >= 11 is 0. The molecule has 3 aromatic rings. The van der Waals surface area contributed by atoms with Gasteiger partial charge in [-0.2, -0.15) is 5.26 Å². The highest BCUT2D eigenvalue weighted by Crippen LogP contribution is 2.22. The van der Waals surface area contributed by atoms with Crippen LogP contribution < -0.4 is 5.32 Å². The van der Waals surface area contributed by atoms with Crippen molar-refractivity contribution in [1.29, 1.82) is 5.26 Å². The van der Waals surface area contributed by atoms with E-state index in [0.29, 0.717) is 23.4 Å². The fourth-order valence-electron chi connectivity index (χ4n) is 2.31.